The first-order valence-electron chi connectivity index (χ1n) is 7.44. The van der Waals surface area contributed by atoms with Crippen LogP contribution >= 0.6 is 0 Å². The molecule has 2 heterocycles. The molecule has 1 aromatic heterocycles. The van der Waals surface area contributed by atoms with Crippen molar-refractivity contribution in [1.29, 1.82) is 0 Å². The van der Waals surface area contributed by atoms with Crippen LogP contribution in [0.1, 0.15) is 12.8 Å². The van der Waals surface area contributed by atoms with E-state index in [1.807, 2.05) is 4.90 Å². The summed E-state index contributed by atoms with van der Waals surface area (Å²) < 4.78 is 13.2. The zero-order valence-electron chi connectivity index (χ0n) is 12.4. The minimum atomic E-state index is -0.776. The molecule has 0 bridgehead atoms. The van der Waals surface area contributed by atoms with Gasteiger partial charge in [0.15, 0.2) is 0 Å². The second kappa shape index (κ2) is 6.60. The van der Waals surface area contributed by atoms with E-state index in [0.717, 1.165) is 13.0 Å². The van der Waals surface area contributed by atoms with E-state index in [0.29, 0.717) is 30.3 Å². The number of piperidine rings is 1. The minimum absolute atomic E-state index is 0.329. The Balaban J connectivity index is 1.75. The highest BCUT2D eigenvalue weighted by Gasteiger charge is 2.26. The van der Waals surface area contributed by atoms with Crippen molar-refractivity contribution in [2.45, 2.75) is 12.8 Å². The SMILES string of the molecule is O=C(O)C1CCCN(c2cc(Nc3cccc(F)c3)ncn2)C1. The van der Waals surface area contributed by atoms with Gasteiger partial charge >= 0.3 is 5.97 Å². The molecule has 6 nitrogen and oxygen atoms in total. The van der Waals surface area contributed by atoms with Crippen LogP contribution < -0.4 is 10.2 Å². The van der Waals surface area contributed by atoms with Gasteiger partial charge in [-0.05, 0) is 31.0 Å². The number of hydrogen-bond acceptors (Lipinski definition) is 5. The Morgan fingerprint density at radius 1 is 1.35 bits per heavy atom. The zero-order valence-corrected chi connectivity index (χ0v) is 12.4. The lowest BCUT2D eigenvalue weighted by Gasteiger charge is -2.31. The van der Waals surface area contributed by atoms with Gasteiger partial charge in [-0.25, -0.2) is 14.4 Å². The Kier molecular flexibility index (Phi) is 4.36. The molecule has 1 unspecified atom stereocenters. The third-order valence-electron chi connectivity index (χ3n) is 3.84. The van der Waals surface area contributed by atoms with Crippen LogP contribution in [0.25, 0.3) is 0 Å². The van der Waals surface area contributed by atoms with Gasteiger partial charge in [-0.15, -0.1) is 0 Å². The molecule has 7 heteroatoms. The fraction of sp³-hybridized carbons (Fsp3) is 0.312. The fourth-order valence-corrected chi connectivity index (χ4v) is 2.69. The van der Waals surface area contributed by atoms with E-state index in [2.05, 4.69) is 15.3 Å². The number of rotatable bonds is 4. The summed E-state index contributed by atoms with van der Waals surface area (Å²) >= 11 is 0. The van der Waals surface area contributed by atoms with Crippen molar-refractivity contribution in [3.63, 3.8) is 0 Å². The van der Waals surface area contributed by atoms with Gasteiger partial charge < -0.3 is 15.3 Å². The Bertz CT molecular complexity index is 710. The summed E-state index contributed by atoms with van der Waals surface area (Å²) in [6.07, 6.45) is 2.92. The molecule has 2 aromatic rings. The summed E-state index contributed by atoms with van der Waals surface area (Å²) in [7, 11) is 0. The Morgan fingerprint density at radius 3 is 3.00 bits per heavy atom. The van der Waals surface area contributed by atoms with Crippen molar-refractivity contribution in [3.8, 4) is 0 Å². The van der Waals surface area contributed by atoms with Gasteiger partial charge in [0, 0.05) is 24.8 Å². The van der Waals surface area contributed by atoms with Crippen molar-refractivity contribution in [2.75, 3.05) is 23.3 Å². The average Bonchev–Trinajstić information content (AvgIpc) is 2.55. The number of carboxylic acids is 1. The smallest absolute Gasteiger partial charge is 0.308 e. The second-order valence-corrected chi connectivity index (χ2v) is 5.52. The highest BCUT2D eigenvalue weighted by Crippen LogP contribution is 2.24. The molecule has 0 saturated carbocycles. The standard InChI is InChI=1S/C16H17FN4O2/c17-12-4-1-5-13(7-12)20-14-8-15(19-10-18-14)21-6-2-3-11(9-21)16(22)23/h1,4-5,7-8,10-11H,2-3,6,9H2,(H,22,23)(H,18,19,20). The van der Waals surface area contributed by atoms with Gasteiger partial charge in [0.2, 0.25) is 0 Å². The predicted octanol–water partition coefficient (Wildman–Crippen LogP) is 2.66. The number of benzene rings is 1. The summed E-state index contributed by atoms with van der Waals surface area (Å²) in [6, 6.07) is 7.85. The Morgan fingerprint density at radius 2 is 2.22 bits per heavy atom. The molecule has 1 aliphatic heterocycles. The number of anilines is 3. The molecule has 1 atom stereocenters. The zero-order chi connectivity index (χ0) is 16.2. The van der Waals surface area contributed by atoms with Crippen LogP contribution in [0.2, 0.25) is 0 Å². The lowest BCUT2D eigenvalue weighted by molar-refractivity contribution is -0.141. The first kappa shape index (κ1) is 15.2. The van der Waals surface area contributed by atoms with Crippen LogP contribution in [-0.2, 0) is 4.79 Å². The maximum absolute atomic E-state index is 13.2. The number of aliphatic carboxylic acids is 1. The number of carboxylic acid groups (broad SMARTS) is 1. The number of hydrogen-bond donors (Lipinski definition) is 2. The first-order valence-corrected chi connectivity index (χ1v) is 7.44. The molecule has 23 heavy (non-hydrogen) atoms. The molecule has 0 amide bonds. The summed E-state index contributed by atoms with van der Waals surface area (Å²) in [4.78, 5) is 21.5. The van der Waals surface area contributed by atoms with Crippen LogP contribution in [0.3, 0.4) is 0 Å². The Hall–Kier alpha value is -2.70. The topological polar surface area (TPSA) is 78.4 Å². The monoisotopic (exact) mass is 316 g/mol. The number of aromatic nitrogens is 2. The van der Waals surface area contributed by atoms with Crippen LogP contribution in [0.15, 0.2) is 36.7 Å². The normalized spacial score (nSPS) is 17.8. The van der Waals surface area contributed by atoms with Gasteiger partial charge in [0.1, 0.15) is 23.8 Å². The van der Waals surface area contributed by atoms with Crippen molar-refractivity contribution in [1.82, 2.24) is 9.97 Å². The molecule has 1 aliphatic rings. The summed E-state index contributed by atoms with van der Waals surface area (Å²) in [5.74, 6) is -0.271. The molecule has 2 N–H and O–H groups in total. The van der Waals surface area contributed by atoms with E-state index in [-0.39, 0.29) is 11.7 Å². The third-order valence-corrected chi connectivity index (χ3v) is 3.84. The molecular formula is C16H17FN4O2. The van der Waals surface area contributed by atoms with E-state index in [1.165, 1.54) is 18.5 Å². The Labute approximate surface area is 133 Å². The van der Waals surface area contributed by atoms with E-state index < -0.39 is 5.97 Å². The average molecular weight is 316 g/mol. The lowest BCUT2D eigenvalue weighted by Crippen LogP contribution is -2.39. The highest BCUT2D eigenvalue weighted by molar-refractivity contribution is 5.71. The molecule has 1 aromatic carbocycles. The van der Waals surface area contributed by atoms with Gasteiger partial charge in [-0.1, -0.05) is 6.07 Å². The number of nitrogens with one attached hydrogen (secondary N) is 1. The second-order valence-electron chi connectivity index (χ2n) is 5.52. The number of halogens is 1. The maximum Gasteiger partial charge on any atom is 0.308 e. The molecule has 0 spiro atoms. The summed E-state index contributed by atoms with van der Waals surface area (Å²) in [5, 5.41) is 12.2. The largest absolute Gasteiger partial charge is 0.481 e. The highest BCUT2D eigenvalue weighted by atomic mass is 19.1. The fourth-order valence-electron chi connectivity index (χ4n) is 2.69. The molecule has 0 radical (unpaired) electrons. The number of nitrogens with zero attached hydrogens (tertiary/aromatic N) is 3. The van der Waals surface area contributed by atoms with Crippen LogP contribution in [0.5, 0.6) is 0 Å². The van der Waals surface area contributed by atoms with Crippen LogP contribution in [0.4, 0.5) is 21.7 Å². The summed E-state index contributed by atoms with van der Waals surface area (Å²) in [6.45, 7) is 1.20. The lowest BCUT2D eigenvalue weighted by atomic mass is 9.98. The van der Waals surface area contributed by atoms with Crippen molar-refractivity contribution < 1.29 is 14.3 Å². The van der Waals surface area contributed by atoms with Crippen LogP contribution in [-0.4, -0.2) is 34.1 Å². The van der Waals surface area contributed by atoms with Crippen molar-refractivity contribution in [2.24, 2.45) is 5.92 Å². The molecule has 3 rings (SSSR count). The minimum Gasteiger partial charge on any atom is -0.481 e. The molecule has 1 saturated heterocycles. The molecular weight excluding hydrogens is 299 g/mol. The summed E-state index contributed by atoms with van der Waals surface area (Å²) in [5.41, 5.74) is 0.594. The van der Waals surface area contributed by atoms with Crippen molar-refractivity contribution in [3.05, 3.63) is 42.5 Å². The van der Waals surface area contributed by atoms with E-state index in [9.17, 15) is 14.3 Å². The van der Waals surface area contributed by atoms with Gasteiger partial charge in [0.25, 0.3) is 0 Å². The third kappa shape index (κ3) is 3.74. The maximum atomic E-state index is 13.2. The molecule has 0 aliphatic carbocycles. The van der Waals surface area contributed by atoms with Crippen LogP contribution in [0, 0.1) is 11.7 Å². The van der Waals surface area contributed by atoms with Gasteiger partial charge in [-0.2, -0.15) is 0 Å². The van der Waals surface area contributed by atoms with Gasteiger partial charge in [-0.3, -0.25) is 4.79 Å². The van der Waals surface area contributed by atoms with Crippen molar-refractivity contribution >= 4 is 23.3 Å². The first-order chi connectivity index (χ1) is 11.1. The molecule has 1 fully saturated rings. The quantitative estimate of drug-likeness (QED) is 0.903. The van der Waals surface area contributed by atoms with E-state index in [4.69, 9.17) is 0 Å². The van der Waals surface area contributed by atoms with E-state index >= 15 is 0 Å². The number of carbonyl (C=O) groups is 1. The predicted molar refractivity (Wildman–Crippen MR) is 84.3 cm³/mol. The van der Waals surface area contributed by atoms with Gasteiger partial charge in [0.05, 0.1) is 5.92 Å². The molecule has 120 valence electrons. The van der Waals surface area contributed by atoms with E-state index in [1.54, 1.807) is 18.2 Å².